The number of benzene rings is 1. The topological polar surface area (TPSA) is 112 Å². The Kier molecular flexibility index (Phi) is 6.43. The molecule has 174 valence electrons. The van der Waals surface area contributed by atoms with Gasteiger partial charge < -0.3 is 24.5 Å². The first-order valence-electron chi connectivity index (χ1n) is 9.15. The van der Waals surface area contributed by atoms with Crippen LogP contribution in [0.4, 0.5) is 13.2 Å². The fourth-order valence-electron chi connectivity index (χ4n) is 2.81. The second kappa shape index (κ2) is 8.99. The minimum atomic E-state index is -4.57. The van der Waals surface area contributed by atoms with Gasteiger partial charge in [0.05, 0.1) is 33.3 Å². The van der Waals surface area contributed by atoms with Crippen molar-refractivity contribution in [2.24, 2.45) is 5.73 Å². The van der Waals surface area contributed by atoms with Crippen molar-refractivity contribution in [3.63, 3.8) is 0 Å². The maximum Gasteiger partial charge on any atom is 0.417 e. The minimum absolute atomic E-state index is 0.0186. The Bertz CT molecular complexity index is 1330. The van der Waals surface area contributed by atoms with E-state index in [1.807, 2.05) is 0 Å². The van der Waals surface area contributed by atoms with E-state index in [0.717, 1.165) is 16.7 Å². The van der Waals surface area contributed by atoms with E-state index < -0.39 is 17.8 Å². The molecule has 8 nitrogen and oxygen atoms in total. The van der Waals surface area contributed by atoms with E-state index in [1.54, 1.807) is 0 Å². The number of aliphatic hydroxyl groups excluding tert-OH is 1. The predicted octanol–water partition coefficient (Wildman–Crippen LogP) is 4.73. The summed E-state index contributed by atoms with van der Waals surface area (Å²) in [4.78, 5) is 8.38. The molecule has 0 fully saturated rings. The van der Waals surface area contributed by atoms with Crippen LogP contribution in [0.2, 0.25) is 15.1 Å². The Balaban J connectivity index is 1.65. The van der Waals surface area contributed by atoms with Crippen LogP contribution in [-0.2, 0) is 6.18 Å². The lowest BCUT2D eigenvalue weighted by Crippen LogP contribution is -2.31. The highest BCUT2D eigenvalue weighted by Crippen LogP contribution is 2.37. The third-order valence-corrected chi connectivity index (χ3v) is 5.31. The molecule has 14 heteroatoms. The van der Waals surface area contributed by atoms with Crippen molar-refractivity contribution in [3.05, 3.63) is 51.2 Å². The van der Waals surface area contributed by atoms with Crippen LogP contribution in [0.25, 0.3) is 28.6 Å². The zero-order valence-electron chi connectivity index (χ0n) is 16.3. The number of hydrogen-bond donors (Lipinski definition) is 2. The molecule has 4 rings (SSSR count). The number of hydrogen-bond acceptors (Lipinski definition) is 7. The number of alkyl halides is 3. The number of nitrogens with two attached hydrogens (primary N) is 1. The first kappa shape index (κ1) is 23.6. The lowest BCUT2D eigenvalue weighted by Gasteiger charge is -2.13. The van der Waals surface area contributed by atoms with Gasteiger partial charge in [0, 0.05) is 24.0 Å². The van der Waals surface area contributed by atoms with Crippen molar-refractivity contribution in [2.45, 2.75) is 12.2 Å². The van der Waals surface area contributed by atoms with Crippen LogP contribution in [0.5, 0.6) is 5.75 Å². The van der Waals surface area contributed by atoms with E-state index in [4.69, 9.17) is 54.9 Å². The number of pyridine rings is 1. The van der Waals surface area contributed by atoms with Gasteiger partial charge in [-0.1, -0.05) is 40.0 Å². The van der Waals surface area contributed by atoms with Crippen molar-refractivity contribution >= 4 is 40.4 Å². The molecule has 3 N–H and O–H groups in total. The summed E-state index contributed by atoms with van der Waals surface area (Å²) < 4.78 is 50.9. The van der Waals surface area contributed by atoms with E-state index in [9.17, 15) is 13.2 Å². The van der Waals surface area contributed by atoms with E-state index >= 15 is 0 Å². The van der Waals surface area contributed by atoms with Gasteiger partial charge in [0.1, 0.15) is 18.1 Å². The summed E-state index contributed by atoms with van der Waals surface area (Å²) in [7, 11) is 0. The first-order valence-corrected chi connectivity index (χ1v) is 10.3. The second-order valence-electron chi connectivity index (χ2n) is 6.87. The van der Waals surface area contributed by atoms with Crippen LogP contribution < -0.4 is 10.5 Å². The van der Waals surface area contributed by atoms with Crippen LogP contribution in [0.1, 0.15) is 5.56 Å². The number of nitrogens with zero attached hydrogens (tertiary/aromatic N) is 4. The number of imidazole rings is 1. The van der Waals surface area contributed by atoms with Gasteiger partial charge in [0.2, 0.25) is 5.82 Å². The molecular formula is C19H13Cl3F3N5O3. The number of halogens is 6. The van der Waals surface area contributed by atoms with Crippen molar-refractivity contribution in [1.82, 2.24) is 19.5 Å². The fourth-order valence-corrected chi connectivity index (χ4v) is 3.53. The third-order valence-electron chi connectivity index (χ3n) is 4.43. The Morgan fingerprint density at radius 3 is 2.55 bits per heavy atom. The van der Waals surface area contributed by atoms with Crippen LogP contribution in [0.15, 0.2) is 35.1 Å². The van der Waals surface area contributed by atoms with Gasteiger partial charge in [-0.2, -0.15) is 18.2 Å². The van der Waals surface area contributed by atoms with Crippen molar-refractivity contribution in [1.29, 1.82) is 0 Å². The molecule has 0 aliphatic heterocycles. The Labute approximate surface area is 198 Å². The summed E-state index contributed by atoms with van der Waals surface area (Å²) in [5.41, 5.74) is 5.18. The molecule has 33 heavy (non-hydrogen) atoms. The average Bonchev–Trinajstić information content (AvgIpc) is 3.40. The maximum absolute atomic E-state index is 13.0. The molecule has 0 aliphatic carbocycles. The van der Waals surface area contributed by atoms with E-state index in [1.165, 1.54) is 18.3 Å². The molecule has 3 aromatic heterocycles. The number of aromatic nitrogens is 4. The van der Waals surface area contributed by atoms with Gasteiger partial charge in [0.15, 0.2) is 5.65 Å². The summed E-state index contributed by atoms with van der Waals surface area (Å²) in [6, 6.07) is 3.08. The van der Waals surface area contributed by atoms with Crippen molar-refractivity contribution in [2.75, 3.05) is 13.2 Å². The lowest BCUT2D eigenvalue weighted by atomic mass is 10.2. The smallest absolute Gasteiger partial charge is 0.417 e. The predicted molar refractivity (Wildman–Crippen MR) is 115 cm³/mol. The van der Waals surface area contributed by atoms with Crippen LogP contribution in [0.3, 0.4) is 0 Å². The van der Waals surface area contributed by atoms with Crippen molar-refractivity contribution in [3.8, 4) is 28.7 Å². The molecular weight excluding hydrogens is 510 g/mol. The Morgan fingerprint density at radius 2 is 1.85 bits per heavy atom. The molecule has 0 aliphatic rings. The SMILES string of the molecule is NC(CO)COc1cc(Cl)c(-c2noc(-c3cn4cc(C(F)(F)F)cc(Cl)c4n3)n2)cc1Cl. The average molecular weight is 523 g/mol. The normalized spacial score (nSPS) is 13.0. The first-order chi connectivity index (χ1) is 15.6. The molecule has 0 bridgehead atoms. The Hall–Kier alpha value is -2.57. The zero-order valence-corrected chi connectivity index (χ0v) is 18.5. The summed E-state index contributed by atoms with van der Waals surface area (Å²) in [6.45, 7) is -0.244. The molecule has 4 aromatic rings. The molecule has 1 aromatic carbocycles. The van der Waals surface area contributed by atoms with E-state index in [0.29, 0.717) is 5.56 Å². The van der Waals surface area contributed by atoms with Gasteiger partial charge in [-0.05, 0) is 12.1 Å². The summed E-state index contributed by atoms with van der Waals surface area (Å²) >= 11 is 18.5. The number of fused-ring (bicyclic) bond motifs is 1. The molecule has 0 spiro atoms. The number of rotatable bonds is 6. The maximum atomic E-state index is 13.0. The van der Waals surface area contributed by atoms with Crippen molar-refractivity contribution < 1.29 is 27.5 Å². The minimum Gasteiger partial charge on any atom is -0.490 e. The zero-order chi connectivity index (χ0) is 23.9. The van der Waals surface area contributed by atoms with Crippen LogP contribution in [0, 0.1) is 0 Å². The van der Waals surface area contributed by atoms with Gasteiger partial charge >= 0.3 is 6.18 Å². The molecule has 1 unspecified atom stereocenters. The quantitative estimate of drug-likeness (QED) is 0.377. The van der Waals surface area contributed by atoms with Gasteiger partial charge in [-0.15, -0.1) is 0 Å². The van der Waals surface area contributed by atoms with Crippen LogP contribution in [-0.4, -0.2) is 43.9 Å². The van der Waals surface area contributed by atoms with Gasteiger partial charge in [0.25, 0.3) is 5.89 Å². The molecule has 0 amide bonds. The summed E-state index contributed by atoms with van der Waals surface area (Å²) in [5.74, 6) is 0.239. The number of aliphatic hydroxyl groups is 1. The number of ether oxygens (including phenoxy) is 1. The van der Waals surface area contributed by atoms with E-state index in [2.05, 4.69) is 15.1 Å². The fraction of sp³-hybridized carbons (Fsp3) is 0.211. The third kappa shape index (κ3) is 4.87. The van der Waals surface area contributed by atoms with E-state index in [-0.39, 0.29) is 57.1 Å². The highest BCUT2D eigenvalue weighted by Gasteiger charge is 2.32. The largest absolute Gasteiger partial charge is 0.490 e. The summed E-state index contributed by atoms with van der Waals surface area (Å²) in [6.07, 6.45) is -2.44. The molecule has 0 saturated carbocycles. The highest BCUT2D eigenvalue weighted by atomic mass is 35.5. The van der Waals surface area contributed by atoms with Gasteiger partial charge in [-0.3, -0.25) is 0 Å². The lowest BCUT2D eigenvalue weighted by molar-refractivity contribution is -0.137. The monoisotopic (exact) mass is 521 g/mol. The second-order valence-corrected chi connectivity index (χ2v) is 8.09. The molecule has 1 atom stereocenters. The summed E-state index contributed by atoms with van der Waals surface area (Å²) in [5, 5.41) is 13.0. The van der Waals surface area contributed by atoms with Gasteiger partial charge in [-0.25, -0.2) is 4.98 Å². The molecule has 3 heterocycles. The highest BCUT2D eigenvalue weighted by molar-refractivity contribution is 6.36. The molecule has 0 radical (unpaired) electrons. The Morgan fingerprint density at radius 1 is 1.09 bits per heavy atom. The van der Waals surface area contributed by atoms with Crippen LogP contribution >= 0.6 is 34.8 Å². The molecule has 0 saturated heterocycles. The standard InChI is InChI=1S/C19H13Cl3F3N5O3/c20-11-3-15(32-7-9(26)6-31)12(21)2-10(11)16-28-18(33-29-16)14-5-30-4-8(19(23,24)25)1-13(22)17(30)27-14/h1-5,9,31H,6-7,26H2.